The number of allylic oxidation sites excluding steroid dienone is 1. The number of ether oxygens (including phenoxy) is 4. The lowest BCUT2D eigenvalue weighted by Gasteiger charge is -2.08. The summed E-state index contributed by atoms with van der Waals surface area (Å²) in [5.41, 5.74) is 2.59. The Balaban J connectivity index is 1.76. The summed E-state index contributed by atoms with van der Waals surface area (Å²) in [7, 11) is 4.67. The minimum atomic E-state index is -0.531. The lowest BCUT2D eigenvalue weighted by atomic mass is 10.0. The third-order valence-electron chi connectivity index (χ3n) is 4.72. The second kappa shape index (κ2) is 11.2. The maximum absolute atomic E-state index is 12.3. The first kappa shape index (κ1) is 23.2. The van der Waals surface area contributed by atoms with Gasteiger partial charge in [-0.3, -0.25) is 0 Å². The van der Waals surface area contributed by atoms with Gasteiger partial charge in [-0.15, -0.1) is 0 Å². The molecule has 0 N–H and O–H groups in total. The maximum atomic E-state index is 12.3. The predicted octanol–water partition coefficient (Wildman–Crippen LogP) is 5.40. The number of benzene rings is 3. The number of rotatable bonds is 8. The fourth-order valence-corrected chi connectivity index (χ4v) is 3.14. The first-order chi connectivity index (χ1) is 16.1. The van der Waals surface area contributed by atoms with E-state index >= 15 is 0 Å². The van der Waals surface area contributed by atoms with Gasteiger partial charge in [-0.2, -0.15) is 5.26 Å². The minimum absolute atomic E-state index is 0.364. The standard InChI is InChI=1S/C27H23NO5/c1-30-24-10-5-4-9-23(24)21(18-28)15-20-7-6-8-22(16-20)33-27(29)14-12-19-11-13-25(31-2)26(17-19)32-3/h4-17H,1-3H3/b14-12+,21-15-. The molecule has 0 aliphatic heterocycles. The molecule has 0 amide bonds. The molecule has 0 spiro atoms. The number of carbonyl (C=O) groups excluding carboxylic acids is 1. The largest absolute Gasteiger partial charge is 0.496 e. The van der Waals surface area contributed by atoms with Crippen LogP contribution in [0, 0.1) is 11.3 Å². The van der Waals surface area contributed by atoms with Gasteiger partial charge in [-0.1, -0.05) is 30.3 Å². The molecule has 0 aliphatic carbocycles. The molecule has 0 saturated carbocycles. The number of methoxy groups -OCH3 is 3. The van der Waals surface area contributed by atoms with Crippen molar-refractivity contribution in [2.75, 3.05) is 21.3 Å². The molecule has 33 heavy (non-hydrogen) atoms. The van der Waals surface area contributed by atoms with Gasteiger partial charge in [-0.05, 0) is 59.7 Å². The van der Waals surface area contributed by atoms with Crippen LogP contribution < -0.4 is 18.9 Å². The smallest absolute Gasteiger partial charge is 0.336 e. The van der Waals surface area contributed by atoms with Gasteiger partial charge < -0.3 is 18.9 Å². The molecule has 3 rings (SSSR count). The molecule has 3 aromatic carbocycles. The molecule has 3 aromatic rings. The predicted molar refractivity (Wildman–Crippen MR) is 127 cm³/mol. The van der Waals surface area contributed by atoms with E-state index in [4.69, 9.17) is 18.9 Å². The molecular weight excluding hydrogens is 418 g/mol. The Morgan fingerprint density at radius 2 is 1.58 bits per heavy atom. The first-order valence-corrected chi connectivity index (χ1v) is 10.0. The van der Waals surface area contributed by atoms with Crippen molar-refractivity contribution < 1.29 is 23.7 Å². The molecule has 0 heterocycles. The third kappa shape index (κ3) is 6.02. The van der Waals surface area contributed by atoms with E-state index in [1.54, 1.807) is 75.9 Å². The van der Waals surface area contributed by atoms with Crippen molar-refractivity contribution in [3.63, 3.8) is 0 Å². The molecule has 0 bridgehead atoms. The zero-order chi connectivity index (χ0) is 23.6. The molecule has 0 radical (unpaired) electrons. The molecular formula is C27H23NO5. The van der Waals surface area contributed by atoms with E-state index in [0.717, 1.165) is 5.56 Å². The fourth-order valence-electron chi connectivity index (χ4n) is 3.14. The molecule has 0 aliphatic rings. The van der Waals surface area contributed by atoms with E-state index in [1.165, 1.54) is 6.08 Å². The molecule has 0 atom stereocenters. The van der Waals surface area contributed by atoms with Gasteiger partial charge in [0.05, 0.1) is 33.0 Å². The molecule has 6 heteroatoms. The number of esters is 1. The third-order valence-corrected chi connectivity index (χ3v) is 4.72. The van der Waals surface area contributed by atoms with Gasteiger partial charge in [0.2, 0.25) is 0 Å². The van der Waals surface area contributed by atoms with Gasteiger partial charge in [0.25, 0.3) is 0 Å². The van der Waals surface area contributed by atoms with Crippen LogP contribution in [-0.2, 0) is 4.79 Å². The molecule has 0 aromatic heterocycles. The monoisotopic (exact) mass is 441 g/mol. The highest BCUT2D eigenvalue weighted by atomic mass is 16.5. The van der Waals surface area contributed by atoms with Crippen LogP contribution in [0.2, 0.25) is 0 Å². The highest BCUT2D eigenvalue weighted by molar-refractivity contribution is 5.92. The van der Waals surface area contributed by atoms with Crippen molar-refractivity contribution in [1.82, 2.24) is 0 Å². The summed E-state index contributed by atoms with van der Waals surface area (Å²) in [5.74, 6) is 1.61. The fraction of sp³-hybridized carbons (Fsp3) is 0.111. The zero-order valence-electron chi connectivity index (χ0n) is 18.6. The number of hydrogen-bond donors (Lipinski definition) is 0. The van der Waals surface area contributed by atoms with E-state index < -0.39 is 5.97 Å². The molecule has 6 nitrogen and oxygen atoms in total. The number of hydrogen-bond acceptors (Lipinski definition) is 6. The Morgan fingerprint density at radius 3 is 2.30 bits per heavy atom. The molecule has 0 saturated heterocycles. The van der Waals surface area contributed by atoms with E-state index in [-0.39, 0.29) is 0 Å². The second-order valence-corrected chi connectivity index (χ2v) is 6.81. The number of nitriles is 1. The Bertz CT molecular complexity index is 1240. The van der Waals surface area contributed by atoms with Crippen LogP contribution >= 0.6 is 0 Å². The Labute approximate surface area is 192 Å². The Kier molecular flexibility index (Phi) is 7.87. The second-order valence-electron chi connectivity index (χ2n) is 6.81. The summed E-state index contributed by atoms with van der Waals surface area (Å²) in [6, 6.07) is 21.8. The summed E-state index contributed by atoms with van der Waals surface area (Å²) in [6.45, 7) is 0. The van der Waals surface area contributed by atoms with Crippen LogP contribution in [0.1, 0.15) is 16.7 Å². The average Bonchev–Trinajstić information content (AvgIpc) is 2.86. The summed E-state index contributed by atoms with van der Waals surface area (Å²) < 4.78 is 21.3. The van der Waals surface area contributed by atoms with Crippen LogP contribution in [0.3, 0.4) is 0 Å². The molecule has 0 unspecified atom stereocenters. The van der Waals surface area contributed by atoms with Crippen molar-refractivity contribution in [2.45, 2.75) is 0 Å². The lowest BCUT2D eigenvalue weighted by molar-refractivity contribution is -0.128. The maximum Gasteiger partial charge on any atom is 0.336 e. The summed E-state index contributed by atoms with van der Waals surface area (Å²) in [4.78, 5) is 12.3. The summed E-state index contributed by atoms with van der Waals surface area (Å²) in [6.07, 6.45) is 4.68. The van der Waals surface area contributed by atoms with Gasteiger partial charge in [0.15, 0.2) is 11.5 Å². The highest BCUT2D eigenvalue weighted by Crippen LogP contribution is 2.29. The molecule has 166 valence electrons. The normalized spacial score (nSPS) is 11.0. The van der Waals surface area contributed by atoms with Crippen LogP contribution in [0.5, 0.6) is 23.0 Å². The van der Waals surface area contributed by atoms with Crippen molar-refractivity contribution in [3.05, 3.63) is 89.5 Å². The molecule has 0 fully saturated rings. The topological polar surface area (TPSA) is 77.8 Å². The Hall–Kier alpha value is -4.50. The van der Waals surface area contributed by atoms with E-state index in [1.807, 2.05) is 24.3 Å². The van der Waals surface area contributed by atoms with Gasteiger partial charge in [-0.25, -0.2) is 4.79 Å². The average molecular weight is 441 g/mol. The lowest BCUT2D eigenvalue weighted by Crippen LogP contribution is -2.03. The first-order valence-electron chi connectivity index (χ1n) is 10.0. The zero-order valence-corrected chi connectivity index (χ0v) is 18.6. The number of para-hydroxylation sites is 1. The van der Waals surface area contributed by atoms with Crippen LogP contribution in [-0.4, -0.2) is 27.3 Å². The quantitative estimate of drug-likeness (QED) is 0.153. The Morgan fingerprint density at radius 1 is 0.818 bits per heavy atom. The van der Waals surface area contributed by atoms with Crippen molar-refractivity contribution in [2.24, 2.45) is 0 Å². The number of nitrogens with zero attached hydrogens (tertiary/aromatic N) is 1. The van der Waals surface area contributed by atoms with E-state index in [9.17, 15) is 10.1 Å². The van der Waals surface area contributed by atoms with Crippen LogP contribution in [0.15, 0.2) is 72.8 Å². The van der Waals surface area contributed by atoms with E-state index in [0.29, 0.717) is 39.7 Å². The SMILES string of the molecule is COc1ccc(/C=C/C(=O)Oc2cccc(/C=C(/C#N)c3ccccc3OC)c2)cc1OC. The van der Waals surface area contributed by atoms with Crippen molar-refractivity contribution in [1.29, 1.82) is 5.26 Å². The summed E-state index contributed by atoms with van der Waals surface area (Å²) in [5, 5.41) is 9.64. The van der Waals surface area contributed by atoms with Crippen LogP contribution in [0.4, 0.5) is 0 Å². The van der Waals surface area contributed by atoms with Gasteiger partial charge in [0.1, 0.15) is 11.5 Å². The van der Waals surface area contributed by atoms with Crippen LogP contribution in [0.25, 0.3) is 17.7 Å². The van der Waals surface area contributed by atoms with E-state index in [2.05, 4.69) is 6.07 Å². The highest BCUT2D eigenvalue weighted by Gasteiger charge is 2.09. The van der Waals surface area contributed by atoms with Gasteiger partial charge >= 0.3 is 5.97 Å². The minimum Gasteiger partial charge on any atom is -0.496 e. The number of carbonyl (C=O) groups is 1. The van der Waals surface area contributed by atoms with Crippen molar-refractivity contribution >= 4 is 23.7 Å². The van der Waals surface area contributed by atoms with Crippen molar-refractivity contribution in [3.8, 4) is 29.1 Å². The van der Waals surface area contributed by atoms with Gasteiger partial charge in [0, 0.05) is 11.6 Å². The summed E-state index contributed by atoms with van der Waals surface area (Å²) >= 11 is 0.